The third-order valence-corrected chi connectivity index (χ3v) is 4.89. The number of hydrogen-bond acceptors (Lipinski definition) is 3. The molecule has 1 fully saturated rings. The second-order valence-corrected chi connectivity index (χ2v) is 6.64. The molecular weight excluding hydrogens is 314 g/mol. The van der Waals surface area contributed by atoms with Crippen molar-refractivity contribution in [3.8, 4) is 0 Å². The molecule has 0 aliphatic carbocycles. The molecule has 0 bridgehead atoms. The molecule has 1 saturated heterocycles. The van der Waals surface area contributed by atoms with Crippen molar-refractivity contribution in [3.63, 3.8) is 0 Å². The first kappa shape index (κ1) is 15.8. The Kier molecular flexibility index (Phi) is 4.01. The summed E-state index contributed by atoms with van der Waals surface area (Å²) in [6.45, 7) is 1.06. The van der Waals surface area contributed by atoms with Crippen molar-refractivity contribution in [2.24, 2.45) is 7.05 Å². The molecule has 5 nitrogen and oxygen atoms in total. The van der Waals surface area contributed by atoms with E-state index >= 15 is 0 Å². The normalized spacial score (nSPS) is 17.4. The standard InChI is InChI=1S/C20H21N3O2/c1-22-18-5-3-2-4-17(18)21-19(22)12-14-6-8-15(9-7-14)20(25)23-11-10-16(24)13-23/h2-9,16,24H,10-13H2,1H3. The van der Waals surface area contributed by atoms with Gasteiger partial charge in [-0.1, -0.05) is 24.3 Å². The van der Waals surface area contributed by atoms with E-state index in [-0.39, 0.29) is 12.0 Å². The van der Waals surface area contributed by atoms with E-state index in [1.165, 1.54) is 0 Å². The van der Waals surface area contributed by atoms with Crippen molar-refractivity contribution >= 4 is 16.9 Å². The molecule has 1 unspecified atom stereocenters. The number of benzene rings is 2. The number of amides is 1. The van der Waals surface area contributed by atoms with Crippen LogP contribution in [0.3, 0.4) is 0 Å². The third-order valence-electron chi connectivity index (χ3n) is 4.89. The molecule has 128 valence electrons. The molecule has 4 rings (SSSR count). The minimum atomic E-state index is -0.388. The third kappa shape index (κ3) is 3.03. The van der Waals surface area contributed by atoms with Gasteiger partial charge in [0.25, 0.3) is 5.91 Å². The summed E-state index contributed by atoms with van der Waals surface area (Å²) < 4.78 is 2.11. The van der Waals surface area contributed by atoms with Crippen LogP contribution in [0.25, 0.3) is 11.0 Å². The van der Waals surface area contributed by atoms with Crippen molar-refractivity contribution in [1.29, 1.82) is 0 Å². The van der Waals surface area contributed by atoms with Crippen LogP contribution in [0.4, 0.5) is 0 Å². The van der Waals surface area contributed by atoms with Crippen molar-refractivity contribution in [3.05, 3.63) is 65.5 Å². The van der Waals surface area contributed by atoms with Gasteiger partial charge in [0.05, 0.1) is 17.1 Å². The minimum absolute atomic E-state index is 0.00849. The fourth-order valence-corrected chi connectivity index (χ4v) is 3.41. The largest absolute Gasteiger partial charge is 0.391 e. The number of imidazole rings is 1. The fourth-order valence-electron chi connectivity index (χ4n) is 3.41. The van der Waals surface area contributed by atoms with Crippen LogP contribution in [-0.4, -0.2) is 44.7 Å². The lowest BCUT2D eigenvalue weighted by atomic mass is 10.1. The molecule has 0 spiro atoms. The van der Waals surface area contributed by atoms with Crippen LogP contribution in [0.2, 0.25) is 0 Å². The number of carbonyl (C=O) groups is 1. The molecule has 2 heterocycles. The Bertz CT molecular complexity index is 914. The van der Waals surface area contributed by atoms with Gasteiger partial charge in [0.2, 0.25) is 0 Å². The average molecular weight is 335 g/mol. The highest BCUT2D eigenvalue weighted by atomic mass is 16.3. The first-order valence-electron chi connectivity index (χ1n) is 8.58. The molecule has 1 amide bonds. The molecule has 3 aromatic rings. The highest BCUT2D eigenvalue weighted by Crippen LogP contribution is 2.18. The van der Waals surface area contributed by atoms with Gasteiger partial charge >= 0.3 is 0 Å². The van der Waals surface area contributed by atoms with Gasteiger partial charge in [-0.05, 0) is 36.2 Å². The van der Waals surface area contributed by atoms with Gasteiger partial charge in [-0.25, -0.2) is 4.98 Å². The van der Waals surface area contributed by atoms with Gasteiger partial charge in [0, 0.05) is 32.1 Å². The number of aromatic nitrogens is 2. The van der Waals surface area contributed by atoms with Gasteiger partial charge < -0.3 is 14.6 Å². The Hall–Kier alpha value is -2.66. The zero-order valence-corrected chi connectivity index (χ0v) is 14.2. The van der Waals surface area contributed by atoms with Gasteiger partial charge in [-0.15, -0.1) is 0 Å². The summed E-state index contributed by atoms with van der Waals surface area (Å²) in [7, 11) is 2.03. The lowest BCUT2D eigenvalue weighted by Crippen LogP contribution is -2.29. The Balaban J connectivity index is 1.52. The number of hydrogen-bond donors (Lipinski definition) is 1. The topological polar surface area (TPSA) is 58.4 Å². The number of nitrogens with zero attached hydrogens (tertiary/aromatic N) is 3. The van der Waals surface area contributed by atoms with E-state index in [0.29, 0.717) is 25.1 Å². The van der Waals surface area contributed by atoms with E-state index in [2.05, 4.69) is 10.6 Å². The van der Waals surface area contributed by atoms with Gasteiger partial charge in [-0.2, -0.15) is 0 Å². The fraction of sp³-hybridized carbons (Fsp3) is 0.300. The lowest BCUT2D eigenvalue weighted by molar-refractivity contribution is 0.0765. The van der Waals surface area contributed by atoms with E-state index in [4.69, 9.17) is 4.98 Å². The van der Waals surface area contributed by atoms with Crippen molar-refractivity contribution in [1.82, 2.24) is 14.5 Å². The molecule has 2 aromatic carbocycles. The SMILES string of the molecule is Cn1c(Cc2ccc(C(=O)N3CCC(O)C3)cc2)nc2ccccc21. The quantitative estimate of drug-likeness (QED) is 0.799. The Morgan fingerprint density at radius 3 is 2.64 bits per heavy atom. The van der Waals surface area contributed by atoms with E-state index in [1.807, 2.05) is 49.5 Å². The van der Waals surface area contributed by atoms with Crippen LogP contribution in [-0.2, 0) is 13.5 Å². The average Bonchev–Trinajstić information content (AvgIpc) is 3.20. The van der Waals surface area contributed by atoms with Crippen molar-refractivity contribution in [2.45, 2.75) is 18.9 Å². The van der Waals surface area contributed by atoms with Gasteiger partial charge in [0.15, 0.2) is 0 Å². The van der Waals surface area contributed by atoms with Crippen LogP contribution >= 0.6 is 0 Å². The van der Waals surface area contributed by atoms with Crippen LogP contribution in [0.5, 0.6) is 0 Å². The van der Waals surface area contributed by atoms with E-state index in [0.717, 1.165) is 28.8 Å². The first-order valence-corrected chi connectivity index (χ1v) is 8.58. The highest BCUT2D eigenvalue weighted by Gasteiger charge is 2.25. The molecular formula is C20H21N3O2. The first-order chi connectivity index (χ1) is 12.1. The molecule has 1 aliphatic heterocycles. The maximum Gasteiger partial charge on any atom is 0.253 e. The molecule has 1 aliphatic rings. The minimum Gasteiger partial charge on any atom is -0.391 e. The zero-order chi connectivity index (χ0) is 17.4. The number of likely N-dealkylation sites (tertiary alicyclic amines) is 1. The zero-order valence-electron chi connectivity index (χ0n) is 14.2. The molecule has 1 atom stereocenters. The second-order valence-electron chi connectivity index (χ2n) is 6.64. The number of rotatable bonds is 3. The van der Waals surface area contributed by atoms with Gasteiger partial charge in [-0.3, -0.25) is 4.79 Å². The number of aliphatic hydroxyl groups excluding tert-OH is 1. The van der Waals surface area contributed by atoms with Crippen LogP contribution < -0.4 is 0 Å². The Morgan fingerprint density at radius 2 is 1.96 bits per heavy atom. The maximum atomic E-state index is 12.4. The molecule has 1 N–H and O–H groups in total. The Labute approximate surface area is 146 Å². The summed E-state index contributed by atoms with van der Waals surface area (Å²) >= 11 is 0. The molecule has 0 saturated carbocycles. The number of carbonyl (C=O) groups excluding carboxylic acids is 1. The number of aliphatic hydroxyl groups is 1. The lowest BCUT2D eigenvalue weighted by Gasteiger charge is -2.15. The summed E-state index contributed by atoms with van der Waals surface area (Å²) in [5.41, 5.74) is 3.91. The maximum absolute atomic E-state index is 12.4. The summed E-state index contributed by atoms with van der Waals surface area (Å²) in [5.74, 6) is 0.994. The summed E-state index contributed by atoms with van der Waals surface area (Å²) in [4.78, 5) is 18.8. The number of fused-ring (bicyclic) bond motifs is 1. The monoisotopic (exact) mass is 335 g/mol. The second kappa shape index (κ2) is 6.33. The van der Waals surface area contributed by atoms with Crippen molar-refractivity contribution in [2.75, 3.05) is 13.1 Å². The Morgan fingerprint density at radius 1 is 1.20 bits per heavy atom. The predicted molar refractivity (Wildman–Crippen MR) is 96.5 cm³/mol. The molecule has 5 heteroatoms. The number of β-amino-alcohol motifs (C(OH)–C–C–N with tert-alkyl or cyclic N) is 1. The van der Waals surface area contributed by atoms with E-state index in [1.54, 1.807) is 4.90 Å². The van der Waals surface area contributed by atoms with Crippen molar-refractivity contribution < 1.29 is 9.90 Å². The van der Waals surface area contributed by atoms with Gasteiger partial charge in [0.1, 0.15) is 5.82 Å². The van der Waals surface area contributed by atoms with Crippen LogP contribution in [0, 0.1) is 0 Å². The summed E-state index contributed by atoms with van der Waals surface area (Å²) in [6, 6.07) is 15.8. The molecule has 1 aromatic heterocycles. The number of aryl methyl sites for hydroxylation is 1. The molecule has 0 radical (unpaired) electrons. The summed E-state index contributed by atoms with van der Waals surface area (Å²) in [5, 5.41) is 9.59. The van der Waals surface area contributed by atoms with E-state index < -0.39 is 0 Å². The molecule has 25 heavy (non-hydrogen) atoms. The van der Waals surface area contributed by atoms with Crippen LogP contribution in [0.1, 0.15) is 28.2 Å². The highest BCUT2D eigenvalue weighted by molar-refractivity contribution is 5.94. The summed E-state index contributed by atoms with van der Waals surface area (Å²) in [6.07, 6.45) is 0.999. The van der Waals surface area contributed by atoms with Crippen LogP contribution in [0.15, 0.2) is 48.5 Å². The van der Waals surface area contributed by atoms with E-state index in [9.17, 15) is 9.90 Å². The smallest absolute Gasteiger partial charge is 0.253 e. The number of para-hydroxylation sites is 2. The predicted octanol–water partition coefficient (Wildman–Crippen LogP) is 2.37.